The fourth-order valence-electron chi connectivity index (χ4n) is 4.68. The number of amides is 1. The number of hydrogen-bond acceptors (Lipinski definition) is 11. The molecule has 0 radical (unpaired) electrons. The minimum Gasteiger partial charge on any atom is -0.461 e. The summed E-state index contributed by atoms with van der Waals surface area (Å²) in [6.07, 6.45) is -5.49. The first-order chi connectivity index (χ1) is 20.6. The molecule has 0 bridgehead atoms. The Morgan fingerprint density at radius 3 is 2.19 bits per heavy atom. The van der Waals surface area contributed by atoms with Gasteiger partial charge in [0.05, 0.1) is 6.61 Å². The number of aromatic amines is 1. The van der Waals surface area contributed by atoms with Crippen molar-refractivity contribution >= 4 is 11.9 Å². The lowest BCUT2D eigenvalue weighted by Crippen LogP contribution is -2.50. The largest absolute Gasteiger partial charge is 0.461 e. The van der Waals surface area contributed by atoms with Gasteiger partial charge in [-0.05, 0) is 34.2 Å². The minimum absolute atomic E-state index is 0.125. The summed E-state index contributed by atoms with van der Waals surface area (Å²) in [5.41, 5.74) is 3.37. The van der Waals surface area contributed by atoms with Crippen LogP contribution in [0.1, 0.15) is 45.6 Å². The van der Waals surface area contributed by atoms with E-state index in [1.807, 2.05) is 55.5 Å². The molecule has 1 heterocycles. The Balaban J connectivity index is 1.80. The van der Waals surface area contributed by atoms with E-state index in [2.05, 4.69) is 20.6 Å². The number of tetrazole rings is 1. The molecule has 43 heavy (non-hydrogen) atoms. The number of nitrogens with one attached hydrogen (secondary N) is 1. The lowest BCUT2D eigenvalue weighted by molar-refractivity contribution is -0.166. The number of aliphatic hydroxyl groups is 5. The maximum atomic E-state index is 13.4. The number of hydrogen-bond donors (Lipinski definition) is 6. The Hall–Kier alpha value is -3.75. The molecule has 13 nitrogen and oxygen atoms in total. The van der Waals surface area contributed by atoms with Gasteiger partial charge in [-0.3, -0.25) is 4.79 Å². The lowest BCUT2D eigenvalue weighted by Gasteiger charge is -2.33. The fourth-order valence-corrected chi connectivity index (χ4v) is 4.68. The van der Waals surface area contributed by atoms with Crippen molar-refractivity contribution in [3.8, 4) is 22.5 Å². The average Bonchev–Trinajstić information content (AvgIpc) is 3.56. The average molecular weight is 600 g/mol. The SMILES string of the molecule is CCCCC(=O)N(Cc1ccc(-c2ccccc2-c2nn[nH]n2)cc1)[C@H](C(=O)OC[C@@H](O)[C@@H](O)[C@H](O)[C@H](O)CO)C(C)C. The molecule has 0 spiro atoms. The molecule has 0 aliphatic heterocycles. The number of nitrogens with zero attached hydrogens (tertiary/aromatic N) is 4. The van der Waals surface area contributed by atoms with Crippen LogP contribution in [-0.4, -0.2) is 107 Å². The van der Waals surface area contributed by atoms with Crippen molar-refractivity contribution in [3.63, 3.8) is 0 Å². The van der Waals surface area contributed by atoms with Gasteiger partial charge < -0.3 is 35.2 Å². The van der Waals surface area contributed by atoms with Gasteiger partial charge >= 0.3 is 5.97 Å². The molecular formula is C30H41N5O8. The highest BCUT2D eigenvalue weighted by atomic mass is 16.5. The molecule has 0 aliphatic rings. The van der Waals surface area contributed by atoms with Gasteiger partial charge in [-0.15, -0.1) is 10.2 Å². The standard InChI is InChI=1S/C30H41N5O8/c1-4-5-10-25(39)35(26(18(2)3)30(42)43-17-24(38)28(41)27(40)23(37)16-36)15-19-11-13-20(14-12-19)21-8-6-7-9-22(21)29-31-33-34-32-29/h6-9,11-14,18,23-24,26-28,36-38,40-41H,4-5,10,15-17H2,1-3H3,(H,31,32,33,34)/t23-,24-,26+,27-,28-/m1/s1. The Morgan fingerprint density at radius 2 is 1.60 bits per heavy atom. The summed E-state index contributed by atoms with van der Waals surface area (Å²) in [5, 5.41) is 62.9. The first kappa shape index (κ1) is 33.7. The summed E-state index contributed by atoms with van der Waals surface area (Å²) in [6, 6.07) is 14.2. The van der Waals surface area contributed by atoms with E-state index in [1.54, 1.807) is 13.8 Å². The summed E-state index contributed by atoms with van der Waals surface area (Å²) < 4.78 is 5.29. The quantitative estimate of drug-likeness (QED) is 0.129. The molecule has 3 aromatic rings. The maximum Gasteiger partial charge on any atom is 0.329 e. The Labute approximate surface area is 250 Å². The minimum atomic E-state index is -1.88. The van der Waals surface area contributed by atoms with Crippen molar-refractivity contribution in [2.45, 2.75) is 77.0 Å². The van der Waals surface area contributed by atoms with Crippen molar-refractivity contribution in [3.05, 3.63) is 54.1 Å². The van der Waals surface area contributed by atoms with Crippen LogP contribution in [-0.2, 0) is 20.9 Å². The summed E-state index contributed by atoms with van der Waals surface area (Å²) in [4.78, 5) is 28.1. The molecule has 3 rings (SSSR count). The second kappa shape index (κ2) is 16.2. The second-order valence-electron chi connectivity index (χ2n) is 10.7. The number of unbranched alkanes of at least 4 members (excludes halogenated alkanes) is 1. The molecule has 234 valence electrons. The van der Waals surface area contributed by atoms with E-state index in [9.17, 15) is 30.0 Å². The number of benzene rings is 2. The van der Waals surface area contributed by atoms with Gasteiger partial charge in [0.15, 0.2) is 0 Å². The van der Waals surface area contributed by atoms with Crippen LogP contribution in [0.2, 0.25) is 0 Å². The number of ether oxygens (including phenoxy) is 1. The second-order valence-corrected chi connectivity index (χ2v) is 10.7. The van der Waals surface area contributed by atoms with Crippen LogP contribution in [0, 0.1) is 5.92 Å². The number of H-pyrrole nitrogens is 1. The van der Waals surface area contributed by atoms with Gasteiger partial charge in [-0.2, -0.15) is 5.21 Å². The molecule has 0 fully saturated rings. The third-order valence-corrected chi connectivity index (χ3v) is 7.13. The van der Waals surface area contributed by atoms with Crippen molar-refractivity contribution in [1.82, 2.24) is 25.5 Å². The van der Waals surface area contributed by atoms with Crippen molar-refractivity contribution in [2.24, 2.45) is 5.92 Å². The van der Waals surface area contributed by atoms with Crippen molar-refractivity contribution < 1.29 is 39.9 Å². The summed E-state index contributed by atoms with van der Waals surface area (Å²) in [5.74, 6) is -0.912. The number of carbonyl (C=O) groups excluding carboxylic acids is 2. The van der Waals surface area contributed by atoms with Crippen LogP contribution in [0.15, 0.2) is 48.5 Å². The van der Waals surface area contributed by atoms with Crippen LogP contribution >= 0.6 is 0 Å². The number of aromatic nitrogens is 4. The van der Waals surface area contributed by atoms with Gasteiger partial charge in [0.1, 0.15) is 37.1 Å². The molecule has 2 aromatic carbocycles. The van der Waals surface area contributed by atoms with E-state index in [4.69, 9.17) is 9.84 Å². The molecule has 5 atom stereocenters. The van der Waals surface area contributed by atoms with Crippen LogP contribution in [0.25, 0.3) is 22.5 Å². The molecule has 1 amide bonds. The summed E-state index contributed by atoms with van der Waals surface area (Å²) in [7, 11) is 0. The molecule has 13 heteroatoms. The van der Waals surface area contributed by atoms with Gasteiger partial charge in [0.25, 0.3) is 0 Å². The summed E-state index contributed by atoms with van der Waals surface area (Å²) in [6.45, 7) is 4.12. The van der Waals surface area contributed by atoms with Gasteiger partial charge in [-0.1, -0.05) is 75.7 Å². The van der Waals surface area contributed by atoms with E-state index in [1.165, 1.54) is 4.90 Å². The number of aliphatic hydroxyl groups excluding tert-OH is 5. The Morgan fingerprint density at radius 1 is 0.953 bits per heavy atom. The monoisotopic (exact) mass is 599 g/mol. The lowest BCUT2D eigenvalue weighted by atomic mass is 9.97. The zero-order valence-electron chi connectivity index (χ0n) is 24.6. The predicted molar refractivity (Wildman–Crippen MR) is 156 cm³/mol. The zero-order valence-corrected chi connectivity index (χ0v) is 24.6. The highest BCUT2D eigenvalue weighted by Gasteiger charge is 2.36. The molecule has 0 saturated carbocycles. The first-order valence-corrected chi connectivity index (χ1v) is 14.3. The Kier molecular flexibility index (Phi) is 12.7. The van der Waals surface area contributed by atoms with Crippen molar-refractivity contribution in [1.29, 1.82) is 0 Å². The predicted octanol–water partition coefficient (Wildman–Crippen LogP) is 1.06. The van der Waals surface area contributed by atoms with E-state index in [0.717, 1.165) is 28.7 Å². The third-order valence-electron chi connectivity index (χ3n) is 7.13. The topological polar surface area (TPSA) is 202 Å². The van der Waals surface area contributed by atoms with Crippen molar-refractivity contribution in [2.75, 3.05) is 13.2 Å². The molecule has 1 aromatic heterocycles. The molecular weight excluding hydrogens is 558 g/mol. The molecule has 0 aliphatic carbocycles. The van der Waals surface area contributed by atoms with E-state index in [-0.39, 0.29) is 24.8 Å². The molecule has 0 saturated heterocycles. The van der Waals surface area contributed by atoms with Crippen LogP contribution < -0.4 is 0 Å². The zero-order chi connectivity index (χ0) is 31.5. The normalized spacial score (nSPS) is 15.0. The highest BCUT2D eigenvalue weighted by molar-refractivity contribution is 5.85. The van der Waals surface area contributed by atoms with Crippen LogP contribution in [0.4, 0.5) is 0 Å². The highest BCUT2D eigenvalue weighted by Crippen LogP contribution is 2.30. The smallest absolute Gasteiger partial charge is 0.329 e. The third kappa shape index (κ3) is 8.88. The van der Waals surface area contributed by atoms with Gasteiger partial charge in [-0.25, -0.2) is 4.79 Å². The number of esters is 1. The van der Waals surface area contributed by atoms with E-state index >= 15 is 0 Å². The number of carbonyl (C=O) groups is 2. The van der Waals surface area contributed by atoms with Gasteiger partial charge in [0.2, 0.25) is 11.7 Å². The summed E-state index contributed by atoms with van der Waals surface area (Å²) >= 11 is 0. The molecule has 6 N–H and O–H groups in total. The maximum absolute atomic E-state index is 13.4. The molecule has 0 unspecified atom stereocenters. The Bertz CT molecular complexity index is 1290. The van der Waals surface area contributed by atoms with Crippen LogP contribution in [0.5, 0.6) is 0 Å². The fraction of sp³-hybridized carbons (Fsp3) is 0.500. The van der Waals surface area contributed by atoms with Gasteiger partial charge in [0, 0.05) is 18.5 Å². The van der Waals surface area contributed by atoms with E-state index in [0.29, 0.717) is 12.2 Å². The number of rotatable bonds is 16. The first-order valence-electron chi connectivity index (χ1n) is 14.3. The van der Waals surface area contributed by atoms with Crippen LogP contribution in [0.3, 0.4) is 0 Å². The van der Waals surface area contributed by atoms with E-state index < -0.39 is 49.6 Å².